The van der Waals surface area contributed by atoms with E-state index in [0.717, 1.165) is 11.3 Å². The van der Waals surface area contributed by atoms with Crippen molar-refractivity contribution in [3.8, 4) is 17.1 Å². The Bertz CT molecular complexity index is 939. The number of carbonyl (C=O) groups excluding carboxylic acids is 1. The normalized spacial score (nSPS) is 10.8. The van der Waals surface area contributed by atoms with Gasteiger partial charge >= 0.3 is 5.97 Å². The van der Waals surface area contributed by atoms with Gasteiger partial charge in [0, 0.05) is 21.6 Å². The summed E-state index contributed by atoms with van der Waals surface area (Å²) in [6.45, 7) is 2.03. The number of ether oxygens (including phenoxy) is 1. The third-order valence-corrected chi connectivity index (χ3v) is 4.88. The van der Waals surface area contributed by atoms with Crippen molar-refractivity contribution in [1.82, 2.24) is 9.55 Å². The van der Waals surface area contributed by atoms with Crippen molar-refractivity contribution >= 4 is 45.1 Å². The van der Waals surface area contributed by atoms with Crippen molar-refractivity contribution in [2.24, 2.45) is 0 Å². The number of nitrogens with zero attached hydrogens (tertiary/aromatic N) is 2. The third-order valence-electron chi connectivity index (χ3n) is 3.77. The van der Waals surface area contributed by atoms with E-state index in [0.29, 0.717) is 26.9 Å². The highest BCUT2D eigenvalue weighted by molar-refractivity contribution is 9.08. The molecule has 0 aliphatic rings. The number of benzene rings is 2. The molecule has 0 saturated carbocycles. The number of hydrogen-bond donors (Lipinski definition) is 0. The highest BCUT2D eigenvalue weighted by Gasteiger charge is 2.25. The van der Waals surface area contributed by atoms with Crippen LogP contribution in [0.25, 0.3) is 17.1 Å². The molecule has 3 rings (SSSR count). The van der Waals surface area contributed by atoms with Gasteiger partial charge in [-0.2, -0.15) is 0 Å². The zero-order valence-corrected chi connectivity index (χ0v) is 17.0. The summed E-state index contributed by atoms with van der Waals surface area (Å²) >= 11 is 15.9. The molecule has 7 heteroatoms. The standard InChI is InChI=1S/C19H15BrCl2N2O2/c1-2-26-19(25)17-16(11-20)24(13-9-7-12(21)8-10-13)18(23-17)14-5-3-4-6-15(14)22/h3-10H,2,11H2,1H3. The van der Waals surface area contributed by atoms with Crippen molar-refractivity contribution in [2.75, 3.05) is 6.61 Å². The topological polar surface area (TPSA) is 44.1 Å². The second-order valence-corrected chi connectivity index (χ2v) is 6.78. The number of halogens is 3. The number of esters is 1. The van der Waals surface area contributed by atoms with E-state index < -0.39 is 5.97 Å². The molecule has 0 spiro atoms. The molecular weight excluding hydrogens is 439 g/mol. The molecule has 0 unspecified atom stereocenters. The second kappa shape index (κ2) is 8.25. The van der Waals surface area contributed by atoms with E-state index >= 15 is 0 Å². The lowest BCUT2D eigenvalue weighted by Gasteiger charge is -2.12. The summed E-state index contributed by atoms with van der Waals surface area (Å²) < 4.78 is 7.06. The van der Waals surface area contributed by atoms with E-state index in [1.54, 1.807) is 25.1 Å². The van der Waals surface area contributed by atoms with E-state index in [-0.39, 0.29) is 12.3 Å². The fourth-order valence-electron chi connectivity index (χ4n) is 2.63. The Morgan fingerprint density at radius 3 is 2.46 bits per heavy atom. The van der Waals surface area contributed by atoms with Crippen LogP contribution in [0.3, 0.4) is 0 Å². The minimum absolute atomic E-state index is 0.258. The molecule has 0 amide bonds. The maximum absolute atomic E-state index is 12.4. The molecule has 0 saturated heterocycles. The van der Waals surface area contributed by atoms with Crippen LogP contribution in [0.1, 0.15) is 23.1 Å². The Hall–Kier alpha value is -1.82. The summed E-state index contributed by atoms with van der Waals surface area (Å²) in [6.07, 6.45) is 0. The quantitative estimate of drug-likeness (QED) is 0.355. The number of carbonyl (C=O) groups is 1. The largest absolute Gasteiger partial charge is 0.461 e. The Morgan fingerprint density at radius 2 is 1.85 bits per heavy atom. The SMILES string of the molecule is CCOC(=O)c1nc(-c2ccccc2Cl)n(-c2ccc(Cl)cc2)c1CBr. The van der Waals surface area contributed by atoms with Crippen molar-refractivity contribution in [3.05, 3.63) is 70.0 Å². The van der Waals surface area contributed by atoms with Crippen LogP contribution in [0, 0.1) is 0 Å². The van der Waals surface area contributed by atoms with Crippen LogP contribution in [0.4, 0.5) is 0 Å². The number of alkyl halides is 1. The van der Waals surface area contributed by atoms with Crippen LogP contribution in [0.2, 0.25) is 10.0 Å². The first-order chi connectivity index (χ1) is 12.6. The minimum Gasteiger partial charge on any atom is -0.461 e. The lowest BCUT2D eigenvalue weighted by Crippen LogP contribution is -2.09. The Balaban J connectivity index is 2.30. The molecule has 3 aromatic rings. The van der Waals surface area contributed by atoms with Gasteiger partial charge in [0.1, 0.15) is 5.82 Å². The summed E-state index contributed by atoms with van der Waals surface area (Å²) in [6, 6.07) is 14.7. The molecule has 0 radical (unpaired) electrons. The molecular formula is C19H15BrCl2N2O2. The van der Waals surface area contributed by atoms with E-state index in [4.69, 9.17) is 27.9 Å². The van der Waals surface area contributed by atoms with Gasteiger partial charge in [-0.05, 0) is 43.3 Å². The first kappa shape index (κ1) is 19.0. The number of aromatic nitrogens is 2. The molecule has 0 fully saturated rings. The summed E-state index contributed by atoms with van der Waals surface area (Å²) in [5, 5.41) is 1.59. The van der Waals surface area contributed by atoms with E-state index in [9.17, 15) is 4.79 Å². The van der Waals surface area contributed by atoms with Crippen LogP contribution < -0.4 is 0 Å². The summed E-state index contributed by atoms with van der Waals surface area (Å²) in [5.41, 5.74) is 2.48. The zero-order chi connectivity index (χ0) is 18.7. The highest BCUT2D eigenvalue weighted by Crippen LogP contribution is 2.33. The number of hydrogen-bond acceptors (Lipinski definition) is 3. The van der Waals surface area contributed by atoms with Crippen LogP contribution >= 0.6 is 39.1 Å². The van der Waals surface area contributed by atoms with E-state index in [2.05, 4.69) is 20.9 Å². The zero-order valence-electron chi connectivity index (χ0n) is 13.9. The van der Waals surface area contributed by atoms with Gasteiger partial charge in [0.2, 0.25) is 0 Å². The van der Waals surface area contributed by atoms with Gasteiger partial charge in [-0.3, -0.25) is 4.57 Å². The van der Waals surface area contributed by atoms with Crippen LogP contribution in [-0.2, 0) is 10.1 Å². The summed E-state index contributed by atoms with van der Waals surface area (Å²) in [4.78, 5) is 17.0. The van der Waals surface area contributed by atoms with Gasteiger partial charge in [0.25, 0.3) is 0 Å². The van der Waals surface area contributed by atoms with Crippen LogP contribution in [0.15, 0.2) is 48.5 Å². The molecule has 0 aliphatic carbocycles. The lowest BCUT2D eigenvalue weighted by molar-refractivity contribution is 0.0519. The summed E-state index contributed by atoms with van der Waals surface area (Å²) in [7, 11) is 0. The van der Waals surface area contributed by atoms with Gasteiger partial charge in [-0.25, -0.2) is 9.78 Å². The second-order valence-electron chi connectivity index (χ2n) is 5.38. The van der Waals surface area contributed by atoms with Gasteiger partial charge in [-0.1, -0.05) is 51.3 Å². The maximum atomic E-state index is 12.4. The monoisotopic (exact) mass is 452 g/mol. The van der Waals surface area contributed by atoms with Gasteiger partial charge in [-0.15, -0.1) is 0 Å². The van der Waals surface area contributed by atoms with Crippen LogP contribution in [0.5, 0.6) is 0 Å². The Morgan fingerprint density at radius 1 is 1.15 bits per heavy atom. The lowest BCUT2D eigenvalue weighted by atomic mass is 10.2. The van der Waals surface area contributed by atoms with Gasteiger partial charge < -0.3 is 4.74 Å². The van der Waals surface area contributed by atoms with Gasteiger partial charge in [0.15, 0.2) is 5.69 Å². The highest BCUT2D eigenvalue weighted by atomic mass is 79.9. The van der Waals surface area contributed by atoms with Crippen LogP contribution in [-0.4, -0.2) is 22.1 Å². The van der Waals surface area contributed by atoms with Crippen molar-refractivity contribution in [2.45, 2.75) is 12.3 Å². The smallest absolute Gasteiger partial charge is 0.358 e. The number of imidazole rings is 1. The first-order valence-corrected chi connectivity index (χ1v) is 9.80. The fourth-order valence-corrected chi connectivity index (χ4v) is 3.49. The molecule has 1 heterocycles. The molecule has 2 aromatic carbocycles. The van der Waals surface area contributed by atoms with E-state index in [1.807, 2.05) is 34.9 Å². The molecule has 0 N–H and O–H groups in total. The van der Waals surface area contributed by atoms with Crippen molar-refractivity contribution < 1.29 is 9.53 Å². The summed E-state index contributed by atoms with van der Waals surface area (Å²) in [5.74, 6) is 0.0957. The first-order valence-electron chi connectivity index (χ1n) is 7.92. The number of rotatable bonds is 5. The van der Waals surface area contributed by atoms with Gasteiger partial charge in [0.05, 0.1) is 17.3 Å². The molecule has 1 aromatic heterocycles. The van der Waals surface area contributed by atoms with E-state index in [1.165, 1.54) is 0 Å². The maximum Gasteiger partial charge on any atom is 0.358 e. The average molecular weight is 454 g/mol. The molecule has 26 heavy (non-hydrogen) atoms. The van der Waals surface area contributed by atoms with Crippen molar-refractivity contribution in [1.29, 1.82) is 0 Å². The molecule has 0 atom stereocenters. The molecule has 0 aliphatic heterocycles. The average Bonchev–Trinajstić information content (AvgIpc) is 3.02. The molecule has 4 nitrogen and oxygen atoms in total. The predicted molar refractivity (Wildman–Crippen MR) is 108 cm³/mol. The Labute approximate surface area is 169 Å². The predicted octanol–water partition coefficient (Wildman–Crippen LogP) is 5.92. The Kier molecular flexibility index (Phi) is 6.01. The molecule has 134 valence electrons. The van der Waals surface area contributed by atoms with Crippen molar-refractivity contribution in [3.63, 3.8) is 0 Å². The fraction of sp³-hybridized carbons (Fsp3) is 0.158. The molecule has 0 bridgehead atoms. The third kappa shape index (κ3) is 3.65. The minimum atomic E-state index is -0.469.